The summed E-state index contributed by atoms with van der Waals surface area (Å²) < 4.78 is 5.32. The number of anilines is 1. The zero-order valence-electron chi connectivity index (χ0n) is 11.7. The maximum absolute atomic E-state index is 5.32. The number of benzene rings is 1. The molecule has 0 amide bonds. The summed E-state index contributed by atoms with van der Waals surface area (Å²) in [5.74, 6) is 0.666. The molecule has 0 bridgehead atoms. The van der Waals surface area contributed by atoms with Crippen LogP contribution in [0.5, 0.6) is 5.88 Å². The lowest BCUT2D eigenvalue weighted by atomic mass is 10.1. The summed E-state index contributed by atoms with van der Waals surface area (Å²) in [6.07, 6.45) is 1.80. The minimum Gasteiger partial charge on any atom is -0.478 e. The largest absolute Gasteiger partial charge is 0.478 e. The number of rotatable bonds is 5. The lowest BCUT2D eigenvalue weighted by Crippen LogP contribution is -2.01. The Morgan fingerprint density at radius 1 is 1.11 bits per heavy atom. The van der Waals surface area contributed by atoms with Gasteiger partial charge in [-0.3, -0.25) is 0 Å². The Morgan fingerprint density at radius 3 is 2.42 bits per heavy atom. The maximum Gasteiger partial charge on any atom is 0.213 e. The van der Waals surface area contributed by atoms with E-state index in [1.807, 2.05) is 19.1 Å². The van der Waals surface area contributed by atoms with Gasteiger partial charge in [0.05, 0.1) is 18.5 Å². The van der Waals surface area contributed by atoms with E-state index in [0.717, 1.165) is 12.2 Å². The molecule has 19 heavy (non-hydrogen) atoms. The first-order valence-electron chi connectivity index (χ1n) is 6.57. The average molecular weight is 256 g/mol. The molecular weight excluding hydrogens is 236 g/mol. The predicted octanol–water partition coefficient (Wildman–Crippen LogP) is 3.71. The van der Waals surface area contributed by atoms with E-state index in [2.05, 4.69) is 42.3 Å². The minimum absolute atomic E-state index is 0.641. The van der Waals surface area contributed by atoms with Gasteiger partial charge in [-0.1, -0.05) is 29.3 Å². The number of aryl methyl sites for hydroxylation is 2. The second-order valence-electron chi connectivity index (χ2n) is 4.67. The van der Waals surface area contributed by atoms with Crippen molar-refractivity contribution in [3.8, 4) is 5.88 Å². The van der Waals surface area contributed by atoms with Gasteiger partial charge in [-0.05, 0) is 32.4 Å². The van der Waals surface area contributed by atoms with E-state index in [4.69, 9.17) is 4.74 Å². The van der Waals surface area contributed by atoms with E-state index in [-0.39, 0.29) is 0 Å². The molecule has 0 aliphatic rings. The van der Waals surface area contributed by atoms with Crippen molar-refractivity contribution in [2.75, 3.05) is 11.9 Å². The Hall–Kier alpha value is -2.03. The number of nitrogens with one attached hydrogen (secondary N) is 1. The van der Waals surface area contributed by atoms with Crippen LogP contribution in [0, 0.1) is 13.8 Å². The molecule has 0 aliphatic carbocycles. The van der Waals surface area contributed by atoms with Crippen molar-refractivity contribution in [2.45, 2.75) is 27.3 Å². The Kier molecular flexibility index (Phi) is 4.39. The van der Waals surface area contributed by atoms with Gasteiger partial charge in [0.1, 0.15) is 0 Å². The Morgan fingerprint density at radius 2 is 1.84 bits per heavy atom. The van der Waals surface area contributed by atoms with Crippen LogP contribution in [0.1, 0.15) is 23.6 Å². The summed E-state index contributed by atoms with van der Waals surface area (Å²) >= 11 is 0. The number of hydrogen-bond acceptors (Lipinski definition) is 3. The van der Waals surface area contributed by atoms with Gasteiger partial charge in [0.2, 0.25) is 5.88 Å². The molecule has 0 radical (unpaired) electrons. The van der Waals surface area contributed by atoms with Gasteiger partial charge in [-0.2, -0.15) is 0 Å². The number of ether oxygens (including phenoxy) is 1. The highest BCUT2D eigenvalue weighted by molar-refractivity contribution is 5.43. The van der Waals surface area contributed by atoms with Crippen molar-refractivity contribution in [3.05, 3.63) is 53.2 Å². The fourth-order valence-corrected chi connectivity index (χ4v) is 2.09. The molecule has 0 saturated carbocycles. The third-order valence-corrected chi connectivity index (χ3v) is 2.81. The van der Waals surface area contributed by atoms with Crippen molar-refractivity contribution >= 4 is 5.69 Å². The lowest BCUT2D eigenvalue weighted by Gasteiger charge is -2.09. The van der Waals surface area contributed by atoms with Crippen molar-refractivity contribution in [3.63, 3.8) is 0 Å². The SMILES string of the molecule is CCOc1ccc(NCc2cc(C)cc(C)c2)cn1. The van der Waals surface area contributed by atoms with Crippen LogP contribution in [0.4, 0.5) is 5.69 Å². The van der Waals surface area contributed by atoms with Crippen LogP contribution in [-0.4, -0.2) is 11.6 Å². The highest BCUT2D eigenvalue weighted by atomic mass is 16.5. The zero-order chi connectivity index (χ0) is 13.7. The van der Waals surface area contributed by atoms with E-state index in [9.17, 15) is 0 Å². The fourth-order valence-electron chi connectivity index (χ4n) is 2.09. The van der Waals surface area contributed by atoms with Crippen molar-refractivity contribution in [1.29, 1.82) is 0 Å². The molecule has 0 fully saturated rings. The first kappa shape index (κ1) is 13.4. The normalized spacial score (nSPS) is 10.3. The quantitative estimate of drug-likeness (QED) is 0.885. The molecule has 1 N–H and O–H groups in total. The van der Waals surface area contributed by atoms with Gasteiger partial charge < -0.3 is 10.1 Å². The van der Waals surface area contributed by atoms with Crippen LogP contribution in [0.3, 0.4) is 0 Å². The van der Waals surface area contributed by atoms with Crippen molar-refractivity contribution in [2.24, 2.45) is 0 Å². The molecule has 0 atom stereocenters. The highest BCUT2D eigenvalue weighted by Gasteiger charge is 1.98. The van der Waals surface area contributed by atoms with Crippen LogP contribution in [0.2, 0.25) is 0 Å². The van der Waals surface area contributed by atoms with Crippen LogP contribution < -0.4 is 10.1 Å². The van der Waals surface area contributed by atoms with E-state index < -0.39 is 0 Å². The smallest absolute Gasteiger partial charge is 0.213 e. The highest BCUT2D eigenvalue weighted by Crippen LogP contribution is 2.14. The summed E-state index contributed by atoms with van der Waals surface area (Å²) in [6.45, 7) is 7.64. The third-order valence-electron chi connectivity index (χ3n) is 2.81. The Balaban J connectivity index is 1.98. The Labute approximate surface area is 114 Å². The van der Waals surface area contributed by atoms with Crippen molar-refractivity contribution < 1.29 is 4.74 Å². The molecule has 0 unspecified atom stereocenters. The van der Waals surface area contributed by atoms with Crippen LogP contribution in [0.25, 0.3) is 0 Å². The molecule has 1 aromatic heterocycles. The average Bonchev–Trinajstić information content (AvgIpc) is 2.37. The van der Waals surface area contributed by atoms with Crippen LogP contribution in [0.15, 0.2) is 36.5 Å². The maximum atomic E-state index is 5.32. The lowest BCUT2D eigenvalue weighted by molar-refractivity contribution is 0.327. The van der Waals surface area contributed by atoms with Gasteiger partial charge in [0.25, 0.3) is 0 Å². The van der Waals surface area contributed by atoms with Crippen LogP contribution >= 0.6 is 0 Å². The van der Waals surface area contributed by atoms with E-state index in [0.29, 0.717) is 12.5 Å². The van der Waals surface area contributed by atoms with Crippen LogP contribution in [-0.2, 0) is 6.54 Å². The molecule has 1 aromatic carbocycles. The number of pyridine rings is 1. The predicted molar refractivity (Wildman–Crippen MR) is 78.6 cm³/mol. The molecule has 100 valence electrons. The van der Waals surface area contributed by atoms with Gasteiger partial charge in [-0.15, -0.1) is 0 Å². The van der Waals surface area contributed by atoms with Gasteiger partial charge in [-0.25, -0.2) is 4.98 Å². The summed E-state index contributed by atoms with van der Waals surface area (Å²) in [5.41, 5.74) is 4.87. The number of aromatic nitrogens is 1. The third kappa shape index (κ3) is 3.98. The first-order chi connectivity index (χ1) is 9.17. The summed E-state index contributed by atoms with van der Waals surface area (Å²) in [5, 5.41) is 3.37. The summed E-state index contributed by atoms with van der Waals surface area (Å²) in [7, 11) is 0. The van der Waals surface area contributed by atoms with Gasteiger partial charge in [0.15, 0.2) is 0 Å². The second-order valence-corrected chi connectivity index (χ2v) is 4.67. The fraction of sp³-hybridized carbons (Fsp3) is 0.312. The molecule has 1 heterocycles. The molecular formula is C16H20N2O. The standard InChI is InChI=1S/C16H20N2O/c1-4-19-16-6-5-15(11-18-16)17-10-14-8-12(2)7-13(3)9-14/h5-9,11,17H,4,10H2,1-3H3. The molecule has 0 aliphatic heterocycles. The molecule has 3 nitrogen and oxygen atoms in total. The second kappa shape index (κ2) is 6.23. The topological polar surface area (TPSA) is 34.1 Å². The minimum atomic E-state index is 0.641. The molecule has 0 saturated heterocycles. The van der Waals surface area contributed by atoms with E-state index in [1.165, 1.54) is 16.7 Å². The number of nitrogens with zero attached hydrogens (tertiary/aromatic N) is 1. The van der Waals surface area contributed by atoms with Gasteiger partial charge in [0, 0.05) is 12.6 Å². The summed E-state index contributed by atoms with van der Waals surface area (Å²) in [6, 6.07) is 10.4. The van der Waals surface area contributed by atoms with Gasteiger partial charge >= 0.3 is 0 Å². The molecule has 2 aromatic rings. The van der Waals surface area contributed by atoms with E-state index >= 15 is 0 Å². The number of hydrogen-bond donors (Lipinski definition) is 1. The Bertz CT molecular complexity index is 515. The van der Waals surface area contributed by atoms with Crippen molar-refractivity contribution in [1.82, 2.24) is 4.98 Å². The molecule has 3 heteroatoms. The van der Waals surface area contributed by atoms with E-state index in [1.54, 1.807) is 6.20 Å². The first-order valence-corrected chi connectivity index (χ1v) is 6.57. The monoisotopic (exact) mass is 256 g/mol. The molecule has 0 spiro atoms. The zero-order valence-corrected chi connectivity index (χ0v) is 11.7. The summed E-state index contributed by atoms with van der Waals surface area (Å²) in [4.78, 5) is 4.23. The molecule has 2 rings (SSSR count).